The van der Waals surface area contributed by atoms with Crippen molar-refractivity contribution >= 4 is 21.6 Å². The Morgan fingerprint density at radius 3 is 2.61 bits per heavy atom. The summed E-state index contributed by atoms with van der Waals surface area (Å²) in [6.45, 7) is 0.445. The predicted octanol–water partition coefficient (Wildman–Crippen LogP) is 3.07. The van der Waals surface area contributed by atoms with Crippen LogP contribution in [0.1, 0.15) is 16.1 Å². The van der Waals surface area contributed by atoms with Gasteiger partial charge in [-0.05, 0) is 29.7 Å². The van der Waals surface area contributed by atoms with E-state index in [1.807, 2.05) is 54.6 Å². The van der Waals surface area contributed by atoms with Gasteiger partial charge in [0.05, 0.1) is 17.7 Å². The van der Waals surface area contributed by atoms with E-state index in [2.05, 4.69) is 5.32 Å². The van der Waals surface area contributed by atoms with E-state index >= 15 is 0 Å². The second-order valence-corrected chi connectivity index (χ2v) is 8.57. The van der Waals surface area contributed by atoms with Crippen LogP contribution in [0.25, 0.3) is 11.1 Å². The summed E-state index contributed by atoms with van der Waals surface area (Å²) in [5, 5.41) is 2.66. The third-order valence-electron chi connectivity index (χ3n) is 4.78. The summed E-state index contributed by atoms with van der Waals surface area (Å²) >= 11 is 0. The predicted molar refractivity (Wildman–Crippen MR) is 108 cm³/mol. The third kappa shape index (κ3) is 3.53. The number of hydrogen-bond acceptors (Lipinski definition) is 4. The molecule has 144 valence electrons. The maximum atomic E-state index is 12.7. The van der Waals surface area contributed by atoms with E-state index in [1.54, 1.807) is 6.07 Å². The lowest BCUT2D eigenvalue weighted by molar-refractivity contribution is 0.0929. The second kappa shape index (κ2) is 7.52. The Balaban J connectivity index is 1.41. The monoisotopic (exact) mass is 396 g/mol. The third-order valence-corrected chi connectivity index (χ3v) is 6.55. The van der Waals surface area contributed by atoms with E-state index in [0.717, 1.165) is 16.8 Å². The number of sulfonamides is 1. The van der Waals surface area contributed by atoms with Crippen molar-refractivity contribution in [2.75, 3.05) is 23.1 Å². The Labute approximate surface area is 163 Å². The second-order valence-electron chi connectivity index (χ2n) is 6.55. The first kappa shape index (κ1) is 18.3. The first-order valence-corrected chi connectivity index (χ1v) is 10.7. The first-order valence-electron chi connectivity index (χ1n) is 9.06. The zero-order valence-electron chi connectivity index (χ0n) is 15.2. The molecule has 0 bridgehead atoms. The van der Waals surface area contributed by atoms with E-state index in [-0.39, 0.29) is 18.1 Å². The maximum absolute atomic E-state index is 12.7. The number of carbonyl (C=O) groups excluding carboxylic acids is 1. The molecule has 4 rings (SSSR count). The van der Waals surface area contributed by atoms with Crippen molar-refractivity contribution in [1.82, 2.24) is 5.32 Å². The summed E-state index contributed by atoms with van der Waals surface area (Å²) in [5.74, 6) is -0.426. The zero-order chi connectivity index (χ0) is 19.6. The minimum atomic E-state index is -3.51. The topological polar surface area (TPSA) is 79.6 Å². The van der Waals surface area contributed by atoms with Crippen LogP contribution in [0.4, 0.5) is 5.69 Å². The molecule has 0 fully saturated rings. The van der Waals surface area contributed by atoms with Crippen LogP contribution in [-0.2, 0) is 16.4 Å². The molecule has 1 amide bonds. The molecule has 2 aromatic carbocycles. The Morgan fingerprint density at radius 2 is 1.79 bits per heavy atom. The highest BCUT2D eigenvalue weighted by atomic mass is 32.2. The van der Waals surface area contributed by atoms with Crippen molar-refractivity contribution in [1.29, 1.82) is 0 Å². The van der Waals surface area contributed by atoms with Gasteiger partial charge >= 0.3 is 0 Å². The van der Waals surface area contributed by atoms with Crippen LogP contribution >= 0.6 is 0 Å². The van der Waals surface area contributed by atoms with E-state index in [9.17, 15) is 13.2 Å². The number of nitrogens with one attached hydrogen (secondary N) is 1. The highest BCUT2D eigenvalue weighted by molar-refractivity contribution is 7.92. The molecule has 0 unspecified atom stereocenters. The van der Waals surface area contributed by atoms with Gasteiger partial charge in [-0.2, -0.15) is 0 Å². The molecular formula is C21H20N2O4S. The molecule has 0 aliphatic carbocycles. The number of hydrogen-bond donors (Lipinski definition) is 1. The molecule has 2 heterocycles. The SMILES string of the molecule is O=C(NCCS(=O)(=O)N1CCc2ccccc21)c1occc1-c1ccccc1. The minimum absolute atomic E-state index is 0.00869. The van der Waals surface area contributed by atoms with Gasteiger partial charge in [-0.25, -0.2) is 8.42 Å². The van der Waals surface area contributed by atoms with Gasteiger partial charge in [0.2, 0.25) is 10.0 Å². The average Bonchev–Trinajstić information content (AvgIpc) is 3.36. The molecule has 1 aliphatic rings. The number of carbonyl (C=O) groups is 1. The Kier molecular flexibility index (Phi) is 4.92. The lowest BCUT2D eigenvalue weighted by atomic mass is 10.1. The molecule has 0 radical (unpaired) electrons. The number of rotatable bonds is 6. The van der Waals surface area contributed by atoms with Crippen molar-refractivity contribution in [3.05, 3.63) is 78.3 Å². The fraction of sp³-hybridized carbons (Fsp3) is 0.190. The normalized spacial score (nSPS) is 13.4. The lowest BCUT2D eigenvalue weighted by Crippen LogP contribution is -2.37. The molecule has 3 aromatic rings. The number of nitrogens with zero attached hydrogens (tertiary/aromatic N) is 1. The molecule has 1 aliphatic heterocycles. The molecule has 1 aromatic heterocycles. The van der Waals surface area contributed by atoms with Gasteiger partial charge in [0, 0.05) is 18.7 Å². The van der Waals surface area contributed by atoms with Crippen molar-refractivity contribution in [2.45, 2.75) is 6.42 Å². The van der Waals surface area contributed by atoms with Crippen LogP contribution in [0, 0.1) is 0 Å². The highest BCUT2D eigenvalue weighted by Crippen LogP contribution is 2.30. The van der Waals surface area contributed by atoms with E-state index in [0.29, 0.717) is 18.5 Å². The van der Waals surface area contributed by atoms with Crippen LogP contribution in [-0.4, -0.2) is 33.2 Å². The first-order chi connectivity index (χ1) is 13.6. The summed E-state index contributed by atoms with van der Waals surface area (Å²) in [5.41, 5.74) is 3.29. The minimum Gasteiger partial charge on any atom is -0.459 e. The molecule has 7 heteroatoms. The summed E-state index contributed by atoms with van der Waals surface area (Å²) < 4.78 is 32.2. The Bertz CT molecular complexity index is 1090. The van der Waals surface area contributed by atoms with Crippen LogP contribution in [0.2, 0.25) is 0 Å². The molecule has 1 N–H and O–H groups in total. The van der Waals surface area contributed by atoms with E-state index < -0.39 is 15.9 Å². The van der Waals surface area contributed by atoms with E-state index in [1.165, 1.54) is 10.6 Å². The van der Waals surface area contributed by atoms with Crippen LogP contribution < -0.4 is 9.62 Å². The lowest BCUT2D eigenvalue weighted by Gasteiger charge is -2.19. The van der Waals surface area contributed by atoms with Gasteiger partial charge in [-0.15, -0.1) is 0 Å². The quantitative estimate of drug-likeness (QED) is 0.694. The smallest absolute Gasteiger partial charge is 0.287 e. The van der Waals surface area contributed by atoms with Gasteiger partial charge in [-0.1, -0.05) is 48.5 Å². The Morgan fingerprint density at radius 1 is 1.04 bits per heavy atom. The standard InChI is InChI=1S/C21H20N2O4S/c24-21(20-18(11-14-27-20)16-6-2-1-3-7-16)22-12-15-28(25,26)23-13-10-17-8-4-5-9-19(17)23/h1-9,11,14H,10,12-13,15H2,(H,22,24). The van der Waals surface area contributed by atoms with Crippen LogP contribution in [0.15, 0.2) is 71.3 Å². The average molecular weight is 396 g/mol. The fourth-order valence-corrected chi connectivity index (χ4v) is 4.84. The summed E-state index contributed by atoms with van der Waals surface area (Å²) in [6, 6.07) is 18.6. The van der Waals surface area contributed by atoms with E-state index in [4.69, 9.17) is 4.42 Å². The molecule has 0 saturated carbocycles. The van der Waals surface area contributed by atoms with Crippen LogP contribution in [0.5, 0.6) is 0 Å². The molecule has 28 heavy (non-hydrogen) atoms. The zero-order valence-corrected chi connectivity index (χ0v) is 16.0. The fourth-order valence-electron chi connectivity index (χ4n) is 3.41. The summed E-state index contributed by atoms with van der Waals surface area (Å²) in [4.78, 5) is 12.5. The van der Waals surface area contributed by atoms with Gasteiger partial charge in [0.1, 0.15) is 0 Å². The van der Waals surface area contributed by atoms with Gasteiger partial charge in [-0.3, -0.25) is 9.10 Å². The molecule has 0 saturated heterocycles. The van der Waals surface area contributed by atoms with Crippen molar-refractivity contribution < 1.29 is 17.6 Å². The van der Waals surface area contributed by atoms with Gasteiger partial charge in [0.15, 0.2) is 5.76 Å². The number of benzene rings is 2. The largest absolute Gasteiger partial charge is 0.459 e. The molecule has 0 spiro atoms. The number of anilines is 1. The Hall–Kier alpha value is -3.06. The van der Waals surface area contributed by atoms with Crippen molar-refractivity contribution in [2.24, 2.45) is 0 Å². The number of furan rings is 1. The van der Waals surface area contributed by atoms with Crippen LogP contribution in [0.3, 0.4) is 0 Å². The van der Waals surface area contributed by atoms with Crippen molar-refractivity contribution in [3.63, 3.8) is 0 Å². The van der Waals surface area contributed by atoms with Crippen molar-refractivity contribution in [3.8, 4) is 11.1 Å². The molecule has 0 atom stereocenters. The number of amides is 1. The molecular weight excluding hydrogens is 376 g/mol. The van der Waals surface area contributed by atoms with Gasteiger partial charge in [0.25, 0.3) is 5.91 Å². The number of fused-ring (bicyclic) bond motifs is 1. The highest BCUT2D eigenvalue weighted by Gasteiger charge is 2.29. The maximum Gasteiger partial charge on any atom is 0.287 e. The van der Waals surface area contributed by atoms with Gasteiger partial charge < -0.3 is 9.73 Å². The molecule has 6 nitrogen and oxygen atoms in total. The number of para-hydroxylation sites is 1. The summed E-state index contributed by atoms with van der Waals surface area (Å²) in [7, 11) is -3.51. The summed E-state index contributed by atoms with van der Waals surface area (Å²) in [6.07, 6.45) is 2.16.